The van der Waals surface area contributed by atoms with E-state index in [2.05, 4.69) is 15.0 Å². The maximum Gasteiger partial charge on any atom is 0.338 e. The van der Waals surface area contributed by atoms with Crippen molar-refractivity contribution in [2.24, 2.45) is 5.11 Å². The number of esters is 1. The average molecular weight is 371 g/mol. The Morgan fingerprint density at radius 1 is 1.41 bits per heavy atom. The van der Waals surface area contributed by atoms with Crippen LogP contribution >= 0.6 is 0 Å². The molecule has 140 valence electrons. The molecular formula is C17H17N5O5. The average Bonchev–Trinajstić information content (AvgIpc) is 3.06. The van der Waals surface area contributed by atoms with Crippen LogP contribution in [0.3, 0.4) is 0 Å². The Bertz CT molecular complexity index is 993. The van der Waals surface area contributed by atoms with Gasteiger partial charge in [-0.15, -0.1) is 0 Å². The van der Waals surface area contributed by atoms with Gasteiger partial charge in [0.05, 0.1) is 11.6 Å². The lowest BCUT2D eigenvalue weighted by atomic mass is 10.1. The predicted molar refractivity (Wildman–Crippen MR) is 94.2 cm³/mol. The van der Waals surface area contributed by atoms with Crippen LogP contribution in [0.15, 0.2) is 51.2 Å². The molecule has 0 spiro atoms. The smallest absolute Gasteiger partial charge is 0.338 e. The standard InChI is InChI=1S/C17H17N5O5/c1-10-8-22(17(25)19-15(10)23)14-7-12(20-21-18)13(27-14)9-26-16(24)11-5-3-2-4-6-11/h2-6,8,12-14H,7,9H2,1H3,(H,19,23,25). The maximum absolute atomic E-state index is 12.1. The zero-order chi connectivity index (χ0) is 19.4. The van der Waals surface area contributed by atoms with Crippen molar-refractivity contribution in [2.75, 3.05) is 6.61 Å². The fourth-order valence-electron chi connectivity index (χ4n) is 2.84. The van der Waals surface area contributed by atoms with Crippen LogP contribution in [0.1, 0.15) is 28.6 Å². The number of aromatic amines is 1. The molecule has 10 nitrogen and oxygen atoms in total. The first-order valence-corrected chi connectivity index (χ1v) is 8.23. The van der Waals surface area contributed by atoms with E-state index in [1.807, 2.05) is 0 Å². The lowest BCUT2D eigenvalue weighted by Crippen LogP contribution is -2.33. The molecule has 0 bridgehead atoms. The number of hydrogen-bond donors (Lipinski definition) is 1. The van der Waals surface area contributed by atoms with Crippen molar-refractivity contribution < 1.29 is 14.3 Å². The van der Waals surface area contributed by atoms with Crippen LogP contribution in [0.2, 0.25) is 0 Å². The fourth-order valence-corrected chi connectivity index (χ4v) is 2.84. The molecule has 1 aliphatic rings. The number of nitrogens with one attached hydrogen (secondary N) is 1. The summed E-state index contributed by atoms with van der Waals surface area (Å²) in [6, 6.07) is 7.83. The van der Waals surface area contributed by atoms with E-state index in [4.69, 9.17) is 15.0 Å². The number of carbonyl (C=O) groups excluding carboxylic acids is 1. The van der Waals surface area contributed by atoms with Crippen molar-refractivity contribution in [1.82, 2.24) is 9.55 Å². The number of hydrogen-bond acceptors (Lipinski definition) is 6. The first-order valence-electron chi connectivity index (χ1n) is 8.23. The third kappa shape index (κ3) is 4.08. The van der Waals surface area contributed by atoms with Gasteiger partial charge in [-0.05, 0) is 24.6 Å². The number of ether oxygens (including phenoxy) is 2. The Morgan fingerprint density at radius 2 is 2.15 bits per heavy atom. The van der Waals surface area contributed by atoms with Crippen LogP contribution in [0.4, 0.5) is 0 Å². The first-order chi connectivity index (χ1) is 13.0. The molecule has 3 unspecified atom stereocenters. The SMILES string of the molecule is Cc1cn(C2CC(N=[N+]=[N-])C(COC(=O)c3ccccc3)O2)c(=O)[nH]c1=O. The number of aryl methyl sites for hydroxylation is 1. The number of rotatable bonds is 5. The number of carbonyl (C=O) groups is 1. The molecule has 1 saturated heterocycles. The van der Waals surface area contributed by atoms with Crippen LogP contribution in [-0.4, -0.2) is 34.3 Å². The van der Waals surface area contributed by atoms with Gasteiger partial charge in [-0.25, -0.2) is 9.59 Å². The summed E-state index contributed by atoms with van der Waals surface area (Å²) in [6.07, 6.45) is 0.141. The van der Waals surface area contributed by atoms with Crippen molar-refractivity contribution in [3.63, 3.8) is 0 Å². The van der Waals surface area contributed by atoms with Gasteiger partial charge in [0.25, 0.3) is 5.56 Å². The summed E-state index contributed by atoms with van der Waals surface area (Å²) in [7, 11) is 0. The minimum absolute atomic E-state index is 0.134. The second-order valence-corrected chi connectivity index (χ2v) is 6.08. The Hall–Kier alpha value is -3.36. The molecule has 1 aromatic heterocycles. The number of azide groups is 1. The fraction of sp³-hybridized carbons (Fsp3) is 0.353. The van der Waals surface area contributed by atoms with Gasteiger partial charge < -0.3 is 9.47 Å². The largest absolute Gasteiger partial charge is 0.459 e. The van der Waals surface area contributed by atoms with Gasteiger partial charge in [0.2, 0.25) is 0 Å². The van der Waals surface area contributed by atoms with Crippen molar-refractivity contribution >= 4 is 5.97 Å². The number of nitrogens with zero attached hydrogens (tertiary/aromatic N) is 4. The van der Waals surface area contributed by atoms with Crippen LogP contribution in [0, 0.1) is 6.92 Å². The van der Waals surface area contributed by atoms with Crippen LogP contribution in [0.5, 0.6) is 0 Å². The number of benzene rings is 1. The molecule has 1 N–H and O–H groups in total. The van der Waals surface area contributed by atoms with E-state index in [1.54, 1.807) is 37.3 Å². The minimum Gasteiger partial charge on any atom is -0.459 e. The van der Waals surface area contributed by atoms with Gasteiger partial charge >= 0.3 is 11.7 Å². The topological polar surface area (TPSA) is 139 Å². The molecule has 0 amide bonds. The summed E-state index contributed by atoms with van der Waals surface area (Å²) in [5.74, 6) is -0.528. The van der Waals surface area contributed by atoms with Gasteiger partial charge in [-0.3, -0.25) is 14.3 Å². The third-order valence-electron chi connectivity index (χ3n) is 4.25. The highest BCUT2D eigenvalue weighted by Crippen LogP contribution is 2.30. The van der Waals surface area contributed by atoms with E-state index < -0.39 is 35.6 Å². The Morgan fingerprint density at radius 3 is 2.85 bits per heavy atom. The first kappa shape index (κ1) is 18.4. The molecule has 3 rings (SSSR count). The monoisotopic (exact) mass is 371 g/mol. The minimum atomic E-state index is -0.746. The van der Waals surface area contributed by atoms with Crippen molar-refractivity contribution in [1.29, 1.82) is 0 Å². The molecule has 2 heterocycles. The molecule has 3 atom stereocenters. The van der Waals surface area contributed by atoms with Crippen LogP contribution in [0.25, 0.3) is 10.4 Å². The van der Waals surface area contributed by atoms with Gasteiger partial charge in [0.1, 0.15) is 18.9 Å². The molecule has 1 aliphatic heterocycles. The molecule has 0 radical (unpaired) electrons. The van der Waals surface area contributed by atoms with E-state index in [0.717, 1.165) is 0 Å². The summed E-state index contributed by atoms with van der Waals surface area (Å²) in [5.41, 5.74) is 8.40. The van der Waals surface area contributed by atoms with Crippen LogP contribution < -0.4 is 11.2 Å². The summed E-state index contributed by atoms with van der Waals surface area (Å²) in [4.78, 5) is 40.6. The molecule has 0 saturated carbocycles. The van der Waals surface area contributed by atoms with E-state index in [1.165, 1.54) is 10.8 Å². The zero-order valence-electron chi connectivity index (χ0n) is 14.4. The van der Waals surface area contributed by atoms with E-state index in [0.29, 0.717) is 11.1 Å². The second kappa shape index (κ2) is 7.90. The van der Waals surface area contributed by atoms with Gasteiger partial charge in [-0.2, -0.15) is 0 Å². The zero-order valence-corrected chi connectivity index (χ0v) is 14.4. The summed E-state index contributed by atoms with van der Waals surface area (Å²) in [5, 5.41) is 3.68. The highest BCUT2D eigenvalue weighted by atomic mass is 16.6. The van der Waals surface area contributed by atoms with Crippen molar-refractivity contribution in [3.05, 3.63) is 78.9 Å². The Kier molecular flexibility index (Phi) is 5.39. The summed E-state index contributed by atoms with van der Waals surface area (Å²) in [6.45, 7) is 1.43. The van der Waals surface area contributed by atoms with Crippen LogP contribution in [-0.2, 0) is 9.47 Å². The summed E-state index contributed by atoms with van der Waals surface area (Å²) < 4.78 is 12.3. The molecule has 0 aliphatic carbocycles. The van der Waals surface area contributed by atoms with E-state index in [9.17, 15) is 14.4 Å². The maximum atomic E-state index is 12.1. The second-order valence-electron chi connectivity index (χ2n) is 6.08. The molecule has 1 aromatic carbocycles. The van der Waals surface area contributed by atoms with Gasteiger partial charge in [0, 0.05) is 23.1 Å². The molecule has 27 heavy (non-hydrogen) atoms. The molecule has 2 aromatic rings. The highest BCUT2D eigenvalue weighted by Gasteiger charge is 2.37. The van der Waals surface area contributed by atoms with Crippen molar-refractivity contribution in [3.8, 4) is 0 Å². The Balaban J connectivity index is 1.74. The molecule has 1 fully saturated rings. The number of H-pyrrole nitrogens is 1. The van der Waals surface area contributed by atoms with Gasteiger partial charge in [-0.1, -0.05) is 23.3 Å². The quantitative estimate of drug-likeness (QED) is 0.368. The number of aromatic nitrogens is 2. The molecule has 10 heteroatoms. The lowest BCUT2D eigenvalue weighted by Gasteiger charge is -2.16. The van der Waals surface area contributed by atoms with E-state index >= 15 is 0 Å². The van der Waals surface area contributed by atoms with E-state index in [-0.39, 0.29) is 13.0 Å². The van der Waals surface area contributed by atoms with Gasteiger partial charge in [0.15, 0.2) is 0 Å². The summed E-state index contributed by atoms with van der Waals surface area (Å²) >= 11 is 0. The molecular weight excluding hydrogens is 354 g/mol. The highest BCUT2D eigenvalue weighted by molar-refractivity contribution is 5.89. The van der Waals surface area contributed by atoms with Crippen molar-refractivity contribution in [2.45, 2.75) is 31.7 Å². The normalized spacial score (nSPS) is 21.4. The Labute approximate surface area is 153 Å². The predicted octanol–water partition coefficient (Wildman–Crippen LogP) is 1.67. The lowest BCUT2D eigenvalue weighted by molar-refractivity contribution is -0.0363. The third-order valence-corrected chi connectivity index (χ3v) is 4.25.